The summed E-state index contributed by atoms with van der Waals surface area (Å²) in [5, 5.41) is 8.32. The molecule has 1 aliphatic carbocycles. The van der Waals surface area contributed by atoms with Crippen molar-refractivity contribution < 1.29 is 14.7 Å². The Kier molecular flexibility index (Phi) is 2.80. The molecule has 0 aromatic heterocycles. The van der Waals surface area contributed by atoms with Crippen LogP contribution < -0.4 is 0 Å². The quantitative estimate of drug-likeness (QED) is 0.685. The molecule has 64 valence electrons. The number of rotatable bonds is 4. The molecule has 0 bridgehead atoms. The second kappa shape index (κ2) is 3.85. The van der Waals surface area contributed by atoms with Crippen molar-refractivity contribution in [1.29, 1.82) is 0 Å². The zero-order valence-corrected chi connectivity index (χ0v) is 6.62. The lowest BCUT2D eigenvalue weighted by atomic mass is 10.1. The standard InChI is InChI=1S/C9H10O3/c10-8(5-6-9(11)12)7-3-1-2-4-7/h1-3H,4-6H2,(H,11,12). The zero-order valence-electron chi connectivity index (χ0n) is 6.62. The fourth-order valence-electron chi connectivity index (χ4n) is 1.04. The molecular weight excluding hydrogens is 156 g/mol. The van der Waals surface area contributed by atoms with Crippen LogP contribution in [0.5, 0.6) is 0 Å². The first-order valence-corrected chi connectivity index (χ1v) is 3.81. The van der Waals surface area contributed by atoms with E-state index in [0.717, 1.165) is 5.57 Å². The summed E-state index contributed by atoms with van der Waals surface area (Å²) in [5.41, 5.74) is 0.719. The fourth-order valence-corrected chi connectivity index (χ4v) is 1.04. The highest BCUT2D eigenvalue weighted by Gasteiger charge is 2.11. The minimum Gasteiger partial charge on any atom is -0.481 e. The number of carbonyl (C=O) groups excluding carboxylic acids is 1. The van der Waals surface area contributed by atoms with E-state index in [0.29, 0.717) is 6.42 Å². The maximum absolute atomic E-state index is 11.2. The molecule has 0 aromatic carbocycles. The summed E-state index contributed by atoms with van der Waals surface area (Å²) in [6.45, 7) is 0. The van der Waals surface area contributed by atoms with Gasteiger partial charge in [0, 0.05) is 6.42 Å². The molecule has 0 saturated carbocycles. The number of hydrogen-bond acceptors (Lipinski definition) is 2. The first-order valence-electron chi connectivity index (χ1n) is 3.81. The molecule has 1 rings (SSSR count). The molecule has 0 radical (unpaired) electrons. The summed E-state index contributed by atoms with van der Waals surface area (Å²) < 4.78 is 0. The predicted octanol–water partition coefficient (Wildman–Crippen LogP) is 1.31. The number of carboxylic acids is 1. The van der Waals surface area contributed by atoms with Gasteiger partial charge in [0.1, 0.15) is 0 Å². The Morgan fingerprint density at radius 2 is 2.17 bits per heavy atom. The lowest BCUT2D eigenvalue weighted by Crippen LogP contribution is -2.04. The predicted molar refractivity (Wildman–Crippen MR) is 43.7 cm³/mol. The third-order valence-electron chi connectivity index (χ3n) is 1.70. The van der Waals surface area contributed by atoms with Gasteiger partial charge in [0.15, 0.2) is 5.78 Å². The van der Waals surface area contributed by atoms with Gasteiger partial charge in [0.25, 0.3) is 0 Å². The Labute approximate surface area is 70.4 Å². The lowest BCUT2D eigenvalue weighted by Gasteiger charge is -1.97. The highest BCUT2D eigenvalue weighted by Crippen LogP contribution is 2.13. The van der Waals surface area contributed by atoms with E-state index in [1.165, 1.54) is 0 Å². The summed E-state index contributed by atoms with van der Waals surface area (Å²) in [5.74, 6) is -0.975. The fraction of sp³-hybridized carbons (Fsp3) is 0.333. The molecule has 0 atom stereocenters. The van der Waals surface area contributed by atoms with Crippen LogP contribution in [0.25, 0.3) is 0 Å². The Morgan fingerprint density at radius 1 is 1.42 bits per heavy atom. The molecule has 0 aliphatic heterocycles. The molecule has 1 N–H and O–H groups in total. The van der Waals surface area contributed by atoms with E-state index in [-0.39, 0.29) is 18.6 Å². The van der Waals surface area contributed by atoms with E-state index in [1.54, 1.807) is 6.08 Å². The van der Waals surface area contributed by atoms with Gasteiger partial charge in [-0.25, -0.2) is 0 Å². The van der Waals surface area contributed by atoms with Crippen molar-refractivity contribution in [2.75, 3.05) is 0 Å². The summed E-state index contributed by atoms with van der Waals surface area (Å²) in [4.78, 5) is 21.3. The maximum Gasteiger partial charge on any atom is 0.303 e. The largest absolute Gasteiger partial charge is 0.481 e. The van der Waals surface area contributed by atoms with Crippen molar-refractivity contribution in [1.82, 2.24) is 0 Å². The zero-order chi connectivity index (χ0) is 8.97. The smallest absolute Gasteiger partial charge is 0.303 e. The van der Waals surface area contributed by atoms with Crippen LogP contribution in [-0.2, 0) is 9.59 Å². The number of carbonyl (C=O) groups is 2. The Morgan fingerprint density at radius 3 is 2.67 bits per heavy atom. The van der Waals surface area contributed by atoms with Crippen molar-refractivity contribution in [2.45, 2.75) is 19.3 Å². The Hall–Kier alpha value is -1.38. The van der Waals surface area contributed by atoms with Crippen LogP contribution in [0, 0.1) is 0 Å². The van der Waals surface area contributed by atoms with Crippen LogP contribution in [0.1, 0.15) is 19.3 Å². The van der Waals surface area contributed by atoms with Gasteiger partial charge in [-0.2, -0.15) is 0 Å². The first-order chi connectivity index (χ1) is 5.70. The van der Waals surface area contributed by atoms with Crippen molar-refractivity contribution >= 4 is 11.8 Å². The normalized spacial score (nSPS) is 14.5. The van der Waals surface area contributed by atoms with Gasteiger partial charge in [0.2, 0.25) is 0 Å². The van der Waals surface area contributed by atoms with Crippen LogP contribution in [0.15, 0.2) is 23.8 Å². The molecule has 3 heteroatoms. The number of Topliss-reactive ketones (excluding diaryl/α,β-unsaturated/α-hetero) is 1. The molecule has 0 saturated heterocycles. The number of aliphatic carboxylic acids is 1. The molecule has 12 heavy (non-hydrogen) atoms. The van der Waals surface area contributed by atoms with Crippen molar-refractivity contribution in [3.8, 4) is 0 Å². The van der Waals surface area contributed by atoms with Crippen LogP contribution in [0.2, 0.25) is 0 Å². The molecule has 0 aromatic rings. The average molecular weight is 166 g/mol. The minimum atomic E-state index is -0.921. The molecule has 0 fully saturated rings. The summed E-state index contributed by atoms with van der Waals surface area (Å²) in [6.07, 6.45) is 6.13. The second-order valence-electron chi connectivity index (χ2n) is 2.64. The molecular formula is C9H10O3. The summed E-state index contributed by atoms with van der Waals surface area (Å²) >= 11 is 0. The molecule has 0 unspecified atom stereocenters. The van der Waals surface area contributed by atoms with Gasteiger partial charge in [0.05, 0.1) is 6.42 Å². The number of carboxylic acid groups (broad SMARTS) is 1. The van der Waals surface area contributed by atoms with Gasteiger partial charge in [-0.3, -0.25) is 9.59 Å². The SMILES string of the molecule is O=C(O)CCC(=O)C1=CC=CC1. The van der Waals surface area contributed by atoms with E-state index in [1.807, 2.05) is 12.2 Å². The molecule has 3 nitrogen and oxygen atoms in total. The monoisotopic (exact) mass is 166 g/mol. The van der Waals surface area contributed by atoms with Crippen LogP contribution in [0.4, 0.5) is 0 Å². The van der Waals surface area contributed by atoms with E-state index in [2.05, 4.69) is 0 Å². The third kappa shape index (κ3) is 2.34. The van der Waals surface area contributed by atoms with Gasteiger partial charge in [-0.1, -0.05) is 18.2 Å². The van der Waals surface area contributed by atoms with Crippen molar-refractivity contribution in [3.63, 3.8) is 0 Å². The Balaban J connectivity index is 2.34. The van der Waals surface area contributed by atoms with E-state index >= 15 is 0 Å². The molecule has 0 amide bonds. The van der Waals surface area contributed by atoms with Gasteiger partial charge in [-0.15, -0.1) is 0 Å². The number of ketones is 1. The highest BCUT2D eigenvalue weighted by atomic mass is 16.4. The van der Waals surface area contributed by atoms with Gasteiger partial charge >= 0.3 is 5.97 Å². The maximum atomic E-state index is 11.2. The van der Waals surface area contributed by atoms with Crippen LogP contribution in [0.3, 0.4) is 0 Å². The van der Waals surface area contributed by atoms with Crippen molar-refractivity contribution in [3.05, 3.63) is 23.8 Å². The third-order valence-corrected chi connectivity index (χ3v) is 1.70. The summed E-state index contributed by atoms with van der Waals surface area (Å²) in [7, 11) is 0. The van der Waals surface area contributed by atoms with Crippen molar-refractivity contribution in [2.24, 2.45) is 0 Å². The van der Waals surface area contributed by atoms with Gasteiger partial charge in [-0.05, 0) is 12.0 Å². The van der Waals surface area contributed by atoms with Crippen LogP contribution >= 0.6 is 0 Å². The van der Waals surface area contributed by atoms with Gasteiger partial charge < -0.3 is 5.11 Å². The topological polar surface area (TPSA) is 54.4 Å². The molecule has 0 heterocycles. The molecule has 1 aliphatic rings. The number of hydrogen-bond donors (Lipinski definition) is 1. The van der Waals surface area contributed by atoms with E-state index in [9.17, 15) is 9.59 Å². The average Bonchev–Trinajstić information content (AvgIpc) is 2.51. The highest BCUT2D eigenvalue weighted by molar-refractivity contribution is 5.97. The molecule has 0 spiro atoms. The Bertz CT molecular complexity index is 261. The summed E-state index contributed by atoms with van der Waals surface area (Å²) in [6, 6.07) is 0. The van der Waals surface area contributed by atoms with E-state index in [4.69, 9.17) is 5.11 Å². The van der Waals surface area contributed by atoms with Crippen LogP contribution in [-0.4, -0.2) is 16.9 Å². The second-order valence-corrected chi connectivity index (χ2v) is 2.64. The minimum absolute atomic E-state index is 0.0533. The number of allylic oxidation sites excluding steroid dienone is 4. The lowest BCUT2D eigenvalue weighted by molar-refractivity contribution is -0.138. The first kappa shape index (κ1) is 8.71. The van der Waals surface area contributed by atoms with E-state index < -0.39 is 5.97 Å².